The summed E-state index contributed by atoms with van der Waals surface area (Å²) in [4.78, 5) is 26.3. The molecular weight excluding hydrogens is 491 g/mol. The highest BCUT2D eigenvalue weighted by Crippen LogP contribution is 2.35. The molecule has 1 aliphatic heterocycles. The molecule has 0 spiro atoms. The van der Waals surface area contributed by atoms with Crippen molar-refractivity contribution in [2.45, 2.75) is 19.1 Å². The lowest BCUT2D eigenvalue weighted by Crippen LogP contribution is -2.30. The maximum absolute atomic E-state index is 14.9. The summed E-state index contributed by atoms with van der Waals surface area (Å²) in [7, 11) is 1.84. The second-order valence-corrected chi connectivity index (χ2v) is 9.17. The molecule has 3 aromatic rings. The molecule has 0 bridgehead atoms. The van der Waals surface area contributed by atoms with Crippen molar-refractivity contribution in [3.8, 4) is 11.3 Å². The van der Waals surface area contributed by atoms with Crippen LogP contribution in [0.4, 0.5) is 16.0 Å². The van der Waals surface area contributed by atoms with Gasteiger partial charge < -0.3 is 16.0 Å². The average molecular weight is 517 g/mol. The number of carbonyl (C=O) groups excluding carboxylic acids is 1. The number of aromatic nitrogens is 2. The number of nitrogens with zero attached hydrogens (tertiary/aromatic N) is 3. The van der Waals surface area contributed by atoms with Crippen molar-refractivity contribution < 1.29 is 9.18 Å². The molecule has 37 heavy (non-hydrogen) atoms. The summed E-state index contributed by atoms with van der Waals surface area (Å²) in [6.45, 7) is 1.57. The first-order chi connectivity index (χ1) is 18.0. The molecule has 1 aromatic heterocycles. The summed E-state index contributed by atoms with van der Waals surface area (Å²) in [6, 6.07) is 12.6. The van der Waals surface area contributed by atoms with E-state index in [1.165, 1.54) is 0 Å². The summed E-state index contributed by atoms with van der Waals surface area (Å²) >= 11 is 6.35. The highest BCUT2D eigenvalue weighted by molar-refractivity contribution is 6.31. The van der Waals surface area contributed by atoms with Crippen LogP contribution in [0.3, 0.4) is 0 Å². The lowest BCUT2D eigenvalue weighted by Gasteiger charge is -2.18. The number of hydrogen-bond acceptors (Lipinski definition) is 6. The quantitative estimate of drug-likeness (QED) is 0.384. The normalized spacial score (nSPS) is 16.1. The van der Waals surface area contributed by atoms with E-state index in [2.05, 4.69) is 20.9 Å². The van der Waals surface area contributed by atoms with E-state index in [1.807, 2.05) is 31.3 Å². The fraction of sp³-hybridized carbons (Fsp3) is 0.214. The first kappa shape index (κ1) is 24.8. The van der Waals surface area contributed by atoms with Crippen molar-refractivity contribution in [3.05, 3.63) is 94.2 Å². The van der Waals surface area contributed by atoms with E-state index in [1.54, 1.807) is 42.6 Å². The number of alkyl halides is 1. The fourth-order valence-corrected chi connectivity index (χ4v) is 4.47. The van der Waals surface area contributed by atoms with Gasteiger partial charge in [0, 0.05) is 64.2 Å². The molecule has 9 heteroatoms. The van der Waals surface area contributed by atoms with E-state index >= 15 is 0 Å². The largest absolute Gasteiger partial charge is 0.351 e. The third-order valence-electron chi connectivity index (χ3n) is 6.19. The number of halogens is 2. The number of likely N-dealkylation sites (N-methyl/N-ethyl adjacent to an activating group) is 1. The van der Waals surface area contributed by atoms with Crippen LogP contribution < -0.4 is 16.0 Å². The zero-order valence-electron chi connectivity index (χ0n) is 20.3. The molecule has 1 unspecified atom stereocenters. The minimum atomic E-state index is -1.13. The first-order valence-corrected chi connectivity index (χ1v) is 12.4. The summed E-state index contributed by atoms with van der Waals surface area (Å²) in [5, 5.41) is 9.60. The van der Waals surface area contributed by atoms with Crippen LogP contribution in [-0.4, -0.2) is 47.9 Å². The first-order valence-electron chi connectivity index (χ1n) is 12.0. The molecule has 3 N–H and O–H groups in total. The molecule has 2 aromatic carbocycles. The van der Waals surface area contributed by atoms with Gasteiger partial charge in [-0.2, -0.15) is 0 Å². The van der Waals surface area contributed by atoms with Crippen molar-refractivity contribution in [1.82, 2.24) is 20.6 Å². The maximum atomic E-state index is 14.9. The monoisotopic (exact) mass is 516 g/mol. The predicted molar refractivity (Wildman–Crippen MR) is 145 cm³/mol. The van der Waals surface area contributed by atoms with Gasteiger partial charge in [0.2, 0.25) is 5.95 Å². The van der Waals surface area contributed by atoms with Gasteiger partial charge in [-0.15, -0.1) is 0 Å². The van der Waals surface area contributed by atoms with Gasteiger partial charge in [0.25, 0.3) is 5.91 Å². The van der Waals surface area contributed by atoms with Gasteiger partial charge in [0.1, 0.15) is 6.17 Å². The van der Waals surface area contributed by atoms with Crippen molar-refractivity contribution >= 4 is 34.9 Å². The number of hydrogen-bond donors (Lipinski definition) is 3. The number of carbonyl (C=O) groups is 1. The van der Waals surface area contributed by atoms with Crippen LogP contribution in [0.5, 0.6) is 0 Å². The Morgan fingerprint density at radius 1 is 1.14 bits per heavy atom. The molecule has 1 aliphatic carbocycles. The van der Waals surface area contributed by atoms with Crippen LogP contribution in [0.15, 0.2) is 77.5 Å². The summed E-state index contributed by atoms with van der Waals surface area (Å²) < 4.78 is 14.9. The highest BCUT2D eigenvalue weighted by atomic mass is 35.5. The smallest absolute Gasteiger partial charge is 0.251 e. The Morgan fingerprint density at radius 2 is 1.97 bits per heavy atom. The van der Waals surface area contributed by atoms with E-state index in [9.17, 15) is 9.18 Å². The van der Waals surface area contributed by atoms with E-state index < -0.39 is 6.17 Å². The summed E-state index contributed by atoms with van der Waals surface area (Å²) in [5.41, 5.74) is 5.55. The van der Waals surface area contributed by atoms with E-state index in [0.717, 1.165) is 22.4 Å². The Hall–Kier alpha value is -3.88. The van der Waals surface area contributed by atoms with Gasteiger partial charge >= 0.3 is 0 Å². The zero-order chi connectivity index (χ0) is 25.8. The third kappa shape index (κ3) is 5.45. The van der Waals surface area contributed by atoms with Crippen LogP contribution in [0.2, 0.25) is 5.02 Å². The standard InChI is InChI=1S/C28H26ClFN6O/c1-31-12-13-32-27(37)17-6-9-20(10-7-17)35-28-34-16-18-15-33-26(22-4-2-3-5-24(22)30)23-14-19(29)8-11-21(23)25(18)36-28/h2-4,6-11,14,16,24,31H,5,12-13,15H2,1H3,(H,32,37)(H,34,35,36). The molecular formula is C28H26ClFN6O. The van der Waals surface area contributed by atoms with E-state index in [-0.39, 0.29) is 5.91 Å². The van der Waals surface area contributed by atoms with Gasteiger partial charge in [0.05, 0.1) is 18.0 Å². The Kier molecular flexibility index (Phi) is 7.39. The number of anilines is 2. The van der Waals surface area contributed by atoms with Crippen molar-refractivity contribution in [1.29, 1.82) is 0 Å². The van der Waals surface area contributed by atoms with E-state index in [4.69, 9.17) is 21.6 Å². The fourth-order valence-electron chi connectivity index (χ4n) is 4.30. The van der Waals surface area contributed by atoms with Gasteiger partial charge in [-0.1, -0.05) is 35.9 Å². The second kappa shape index (κ2) is 11.0. The van der Waals surface area contributed by atoms with E-state index in [0.29, 0.717) is 59.6 Å². The minimum Gasteiger partial charge on any atom is -0.351 e. The van der Waals surface area contributed by atoms with Gasteiger partial charge in [-0.05, 0) is 43.4 Å². The van der Waals surface area contributed by atoms with Crippen molar-refractivity contribution in [2.24, 2.45) is 4.99 Å². The number of fused-ring (bicyclic) bond motifs is 3. The SMILES string of the molecule is CNCCNC(=O)c1ccc(Nc2ncc3c(n2)-c2ccc(Cl)cc2C(C2=CC=CCC2F)=NC3)cc1. The molecule has 7 nitrogen and oxygen atoms in total. The predicted octanol–water partition coefficient (Wildman–Crippen LogP) is 5.02. The van der Waals surface area contributed by atoms with Crippen molar-refractivity contribution in [3.63, 3.8) is 0 Å². The Bertz CT molecular complexity index is 1420. The molecule has 5 rings (SSSR count). The summed E-state index contributed by atoms with van der Waals surface area (Å²) in [6.07, 6.45) is 6.37. The molecule has 2 heterocycles. The zero-order valence-corrected chi connectivity index (χ0v) is 21.0. The summed E-state index contributed by atoms with van der Waals surface area (Å²) in [5.74, 6) is 0.269. The van der Waals surface area contributed by atoms with Crippen LogP contribution in [0, 0.1) is 0 Å². The number of allylic oxidation sites excluding steroid dienone is 4. The van der Waals surface area contributed by atoms with Crippen LogP contribution in [0.25, 0.3) is 11.3 Å². The lowest BCUT2D eigenvalue weighted by molar-refractivity contribution is 0.0954. The molecule has 0 saturated carbocycles. The Balaban J connectivity index is 1.43. The van der Waals surface area contributed by atoms with Gasteiger partial charge in [-0.3, -0.25) is 9.79 Å². The highest BCUT2D eigenvalue weighted by Gasteiger charge is 2.26. The Labute approximate surface area is 219 Å². The topological polar surface area (TPSA) is 91.3 Å². The van der Waals surface area contributed by atoms with Gasteiger partial charge in [-0.25, -0.2) is 14.4 Å². The molecule has 2 aliphatic rings. The minimum absolute atomic E-state index is 0.131. The second-order valence-electron chi connectivity index (χ2n) is 8.74. The number of aliphatic imine (C=N–C) groups is 1. The third-order valence-corrected chi connectivity index (χ3v) is 6.43. The van der Waals surface area contributed by atoms with Crippen molar-refractivity contribution in [2.75, 3.05) is 25.5 Å². The Morgan fingerprint density at radius 3 is 2.76 bits per heavy atom. The average Bonchev–Trinajstić information content (AvgIpc) is 3.06. The maximum Gasteiger partial charge on any atom is 0.251 e. The van der Waals surface area contributed by atoms with Crippen LogP contribution >= 0.6 is 11.6 Å². The number of nitrogens with one attached hydrogen (secondary N) is 3. The number of benzene rings is 2. The van der Waals surface area contributed by atoms with Crippen LogP contribution in [0.1, 0.15) is 27.9 Å². The van der Waals surface area contributed by atoms with Crippen LogP contribution in [-0.2, 0) is 6.54 Å². The van der Waals surface area contributed by atoms with Gasteiger partial charge in [0.15, 0.2) is 0 Å². The molecule has 1 atom stereocenters. The molecule has 188 valence electrons. The number of amides is 1. The number of rotatable bonds is 7. The molecule has 0 saturated heterocycles. The molecule has 0 radical (unpaired) electrons. The molecule has 0 fully saturated rings. The lowest BCUT2D eigenvalue weighted by atomic mass is 9.90. The molecule has 1 amide bonds.